The van der Waals surface area contributed by atoms with Crippen molar-refractivity contribution >= 4 is 11.9 Å². The van der Waals surface area contributed by atoms with Gasteiger partial charge in [0, 0.05) is 51.4 Å². The molecule has 8 heteroatoms. The molecule has 8 nitrogen and oxygen atoms in total. The van der Waals surface area contributed by atoms with Crippen LogP contribution in [-0.2, 0) is 11.3 Å². The quantitative estimate of drug-likeness (QED) is 0.708. The third-order valence-corrected chi connectivity index (χ3v) is 6.37. The number of nitrogens with zero attached hydrogens (tertiary/aromatic N) is 3. The molecule has 2 aromatic carbocycles. The van der Waals surface area contributed by atoms with E-state index >= 15 is 0 Å². The van der Waals surface area contributed by atoms with Crippen LogP contribution in [0.25, 0.3) is 0 Å². The summed E-state index contributed by atoms with van der Waals surface area (Å²) >= 11 is 0. The molecule has 1 atom stereocenters. The molecule has 0 spiro atoms. The SMILES string of the molecule is COc1cccc(C(=O)N2CCCN(C[C@@H]3CN(C(=O)NCc4ccccc4)CCO3)CC2)c1. The number of carbonyl (C=O) groups is 2. The molecular formula is C26H34N4O4. The number of rotatable bonds is 6. The maximum absolute atomic E-state index is 13.0. The molecule has 0 aromatic heterocycles. The maximum Gasteiger partial charge on any atom is 0.317 e. The van der Waals surface area contributed by atoms with Crippen LogP contribution in [0.15, 0.2) is 54.6 Å². The van der Waals surface area contributed by atoms with Gasteiger partial charge in [-0.15, -0.1) is 0 Å². The number of urea groups is 1. The number of benzene rings is 2. The van der Waals surface area contributed by atoms with E-state index in [0.29, 0.717) is 44.1 Å². The zero-order valence-electron chi connectivity index (χ0n) is 19.8. The average Bonchev–Trinajstić information content (AvgIpc) is 3.13. The molecule has 2 saturated heterocycles. The predicted molar refractivity (Wildman–Crippen MR) is 130 cm³/mol. The Morgan fingerprint density at radius 1 is 1.00 bits per heavy atom. The van der Waals surface area contributed by atoms with Crippen LogP contribution in [0.1, 0.15) is 22.3 Å². The van der Waals surface area contributed by atoms with Gasteiger partial charge in [0.1, 0.15) is 5.75 Å². The number of ether oxygens (including phenoxy) is 2. The lowest BCUT2D eigenvalue weighted by Gasteiger charge is -2.35. The normalized spacial score (nSPS) is 19.4. The van der Waals surface area contributed by atoms with Gasteiger partial charge in [-0.1, -0.05) is 36.4 Å². The third kappa shape index (κ3) is 6.48. The van der Waals surface area contributed by atoms with Crippen LogP contribution in [-0.4, -0.2) is 92.3 Å². The first-order chi connectivity index (χ1) is 16.6. The van der Waals surface area contributed by atoms with E-state index in [1.165, 1.54) is 0 Å². The summed E-state index contributed by atoms with van der Waals surface area (Å²) in [6, 6.07) is 17.2. The summed E-state index contributed by atoms with van der Waals surface area (Å²) in [5.41, 5.74) is 1.74. The second-order valence-electron chi connectivity index (χ2n) is 8.76. The van der Waals surface area contributed by atoms with Gasteiger partial charge >= 0.3 is 6.03 Å². The smallest absolute Gasteiger partial charge is 0.317 e. The summed E-state index contributed by atoms with van der Waals surface area (Å²) in [6.07, 6.45) is 0.876. The molecule has 4 rings (SSSR count). The Balaban J connectivity index is 1.25. The highest BCUT2D eigenvalue weighted by Gasteiger charge is 2.27. The van der Waals surface area contributed by atoms with Crippen molar-refractivity contribution in [2.24, 2.45) is 0 Å². The van der Waals surface area contributed by atoms with Crippen LogP contribution >= 0.6 is 0 Å². The van der Waals surface area contributed by atoms with Crippen molar-refractivity contribution in [3.8, 4) is 5.75 Å². The van der Waals surface area contributed by atoms with Gasteiger partial charge < -0.3 is 24.6 Å². The third-order valence-electron chi connectivity index (χ3n) is 6.37. The number of amides is 3. The zero-order chi connectivity index (χ0) is 23.8. The predicted octanol–water partition coefficient (Wildman–Crippen LogP) is 2.45. The number of morpholine rings is 1. The van der Waals surface area contributed by atoms with Gasteiger partial charge in [0.25, 0.3) is 5.91 Å². The van der Waals surface area contributed by atoms with Crippen LogP contribution < -0.4 is 10.1 Å². The van der Waals surface area contributed by atoms with Crippen molar-refractivity contribution in [2.45, 2.75) is 19.1 Å². The minimum atomic E-state index is -0.0527. The Kier molecular flexibility index (Phi) is 8.38. The number of carbonyl (C=O) groups excluding carboxylic acids is 2. The van der Waals surface area contributed by atoms with E-state index in [4.69, 9.17) is 9.47 Å². The molecule has 0 radical (unpaired) electrons. The van der Waals surface area contributed by atoms with Crippen molar-refractivity contribution in [3.05, 3.63) is 65.7 Å². The molecule has 2 fully saturated rings. The van der Waals surface area contributed by atoms with Crippen molar-refractivity contribution in [1.29, 1.82) is 0 Å². The van der Waals surface area contributed by atoms with Crippen LogP contribution in [0.3, 0.4) is 0 Å². The number of nitrogens with one attached hydrogen (secondary N) is 1. The molecule has 34 heavy (non-hydrogen) atoms. The van der Waals surface area contributed by atoms with E-state index < -0.39 is 0 Å². The van der Waals surface area contributed by atoms with E-state index in [1.54, 1.807) is 13.2 Å². The number of hydrogen-bond acceptors (Lipinski definition) is 5. The summed E-state index contributed by atoms with van der Waals surface area (Å²) in [4.78, 5) is 31.7. The molecule has 2 aromatic rings. The molecule has 182 valence electrons. The van der Waals surface area contributed by atoms with E-state index in [1.807, 2.05) is 58.3 Å². The van der Waals surface area contributed by atoms with Gasteiger partial charge in [-0.25, -0.2) is 4.79 Å². The zero-order valence-corrected chi connectivity index (χ0v) is 19.8. The van der Waals surface area contributed by atoms with Crippen LogP contribution in [0.4, 0.5) is 4.79 Å². The molecule has 2 heterocycles. The summed E-state index contributed by atoms with van der Waals surface area (Å²) in [5, 5.41) is 3.01. The lowest BCUT2D eigenvalue weighted by Crippen LogP contribution is -2.52. The first-order valence-corrected chi connectivity index (χ1v) is 12.0. The van der Waals surface area contributed by atoms with Crippen molar-refractivity contribution in [2.75, 3.05) is 59.5 Å². The number of hydrogen-bond donors (Lipinski definition) is 1. The van der Waals surface area contributed by atoms with Gasteiger partial charge in [-0.3, -0.25) is 9.69 Å². The topological polar surface area (TPSA) is 74.4 Å². The summed E-state index contributed by atoms with van der Waals surface area (Å²) in [7, 11) is 1.61. The van der Waals surface area contributed by atoms with Crippen molar-refractivity contribution in [1.82, 2.24) is 20.0 Å². The summed E-state index contributed by atoms with van der Waals surface area (Å²) in [6.45, 7) is 6.07. The Hall–Kier alpha value is -3.10. The second-order valence-corrected chi connectivity index (χ2v) is 8.76. The van der Waals surface area contributed by atoms with E-state index in [9.17, 15) is 9.59 Å². The minimum Gasteiger partial charge on any atom is -0.497 e. The van der Waals surface area contributed by atoms with Crippen LogP contribution in [0, 0.1) is 0 Å². The van der Waals surface area contributed by atoms with E-state index in [0.717, 1.165) is 38.2 Å². The van der Waals surface area contributed by atoms with Gasteiger partial charge in [0.05, 0.1) is 19.8 Å². The van der Waals surface area contributed by atoms with Gasteiger partial charge in [0.15, 0.2) is 0 Å². The van der Waals surface area contributed by atoms with Crippen molar-refractivity contribution in [3.63, 3.8) is 0 Å². The van der Waals surface area contributed by atoms with E-state index in [-0.39, 0.29) is 18.0 Å². The maximum atomic E-state index is 13.0. The monoisotopic (exact) mass is 466 g/mol. The Morgan fingerprint density at radius 2 is 1.85 bits per heavy atom. The van der Waals surface area contributed by atoms with E-state index in [2.05, 4.69) is 10.2 Å². The van der Waals surface area contributed by atoms with Crippen LogP contribution in [0.2, 0.25) is 0 Å². The molecular weight excluding hydrogens is 432 g/mol. The molecule has 1 N–H and O–H groups in total. The van der Waals surface area contributed by atoms with Gasteiger partial charge in [-0.2, -0.15) is 0 Å². The summed E-state index contributed by atoms with van der Waals surface area (Å²) < 4.78 is 11.2. The van der Waals surface area contributed by atoms with Gasteiger partial charge in [-0.05, 0) is 36.7 Å². The molecule has 0 aliphatic carbocycles. The first kappa shape index (κ1) is 24.0. The fourth-order valence-corrected chi connectivity index (χ4v) is 4.48. The minimum absolute atomic E-state index is 0.0307. The average molecular weight is 467 g/mol. The molecule has 0 unspecified atom stereocenters. The second kappa shape index (κ2) is 11.9. The van der Waals surface area contributed by atoms with Crippen molar-refractivity contribution < 1.29 is 19.1 Å². The highest BCUT2D eigenvalue weighted by atomic mass is 16.5. The Labute approximate surface area is 201 Å². The standard InChI is InChI=1S/C26H34N4O4/c1-33-23-10-5-9-22(17-23)25(31)29-12-6-11-28(13-14-29)19-24-20-30(15-16-34-24)26(32)27-18-21-7-3-2-4-8-21/h2-5,7-10,17,24H,6,11-16,18-20H2,1H3,(H,27,32)/t24-/m1/s1. The lowest BCUT2D eigenvalue weighted by molar-refractivity contribution is -0.0299. The molecule has 2 aliphatic heterocycles. The highest BCUT2D eigenvalue weighted by Crippen LogP contribution is 2.16. The Morgan fingerprint density at radius 3 is 2.68 bits per heavy atom. The molecule has 0 bridgehead atoms. The lowest BCUT2D eigenvalue weighted by atomic mass is 10.2. The van der Waals surface area contributed by atoms with Crippen LogP contribution in [0.5, 0.6) is 5.75 Å². The fraction of sp³-hybridized carbons (Fsp3) is 0.462. The Bertz CT molecular complexity index is 955. The highest BCUT2D eigenvalue weighted by molar-refractivity contribution is 5.94. The van der Waals surface area contributed by atoms with Gasteiger partial charge in [0.2, 0.25) is 0 Å². The first-order valence-electron chi connectivity index (χ1n) is 12.0. The molecule has 2 aliphatic rings. The largest absolute Gasteiger partial charge is 0.497 e. The summed E-state index contributed by atoms with van der Waals surface area (Å²) in [5.74, 6) is 0.727. The number of methoxy groups -OCH3 is 1. The molecule has 3 amide bonds. The molecule has 0 saturated carbocycles. The fourth-order valence-electron chi connectivity index (χ4n) is 4.48.